The highest BCUT2D eigenvalue weighted by molar-refractivity contribution is 7.12. The molecule has 0 unspecified atom stereocenters. The third-order valence-corrected chi connectivity index (χ3v) is 5.23. The average molecular weight is 401 g/mol. The molecule has 0 radical (unpaired) electrons. The van der Waals surface area contributed by atoms with Crippen LogP contribution in [0.2, 0.25) is 0 Å². The van der Waals surface area contributed by atoms with Crippen LogP contribution >= 0.6 is 11.3 Å². The van der Waals surface area contributed by atoms with Crippen LogP contribution < -0.4 is 14.8 Å². The number of esters is 1. The van der Waals surface area contributed by atoms with Crippen molar-refractivity contribution in [1.29, 1.82) is 0 Å². The number of hydrogen-bond acceptors (Lipinski definition) is 7. The van der Waals surface area contributed by atoms with Gasteiger partial charge in [0.2, 0.25) is 0 Å². The van der Waals surface area contributed by atoms with Crippen molar-refractivity contribution < 1.29 is 23.9 Å². The van der Waals surface area contributed by atoms with Crippen LogP contribution in [-0.4, -0.2) is 41.8 Å². The lowest BCUT2D eigenvalue weighted by molar-refractivity contribution is -0.130. The quantitative estimate of drug-likeness (QED) is 0.347. The lowest BCUT2D eigenvalue weighted by Crippen LogP contribution is -2.42. The number of rotatable bonds is 6. The minimum absolute atomic E-state index is 0.256. The van der Waals surface area contributed by atoms with Crippen LogP contribution in [0.1, 0.15) is 35.5 Å². The van der Waals surface area contributed by atoms with Gasteiger partial charge in [-0.15, -0.1) is 16.3 Å². The summed E-state index contributed by atoms with van der Waals surface area (Å²) in [5.74, 6) is -0.311. The summed E-state index contributed by atoms with van der Waals surface area (Å²) in [7, 11) is 1.45. The smallest absolute Gasteiger partial charge is 0.353 e. The Hall–Kier alpha value is -3.20. The van der Waals surface area contributed by atoms with Gasteiger partial charge in [-0.2, -0.15) is 5.10 Å². The fourth-order valence-electron chi connectivity index (χ4n) is 2.53. The molecule has 1 saturated heterocycles. The van der Waals surface area contributed by atoms with E-state index in [0.29, 0.717) is 22.6 Å². The second-order valence-corrected chi connectivity index (χ2v) is 7.20. The predicted molar refractivity (Wildman–Crippen MR) is 104 cm³/mol. The molecule has 28 heavy (non-hydrogen) atoms. The minimum atomic E-state index is -0.952. The average Bonchev–Trinajstić information content (AvgIpc) is 3.29. The third kappa shape index (κ3) is 3.74. The lowest BCUT2D eigenvalue weighted by Gasteiger charge is -2.17. The van der Waals surface area contributed by atoms with Crippen molar-refractivity contribution in [2.75, 3.05) is 7.11 Å². The molecule has 146 valence electrons. The van der Waals surface area contributed by atoms with Crippen molar-refractivity contribution in [3.8, 4) is 11.5 Å². The van der Waals surface area contributed by atoms with Crippen LogP contribution in [-0.2, 0) is 4.79 Å². The Labute approximate surface area is 165 Å². The second-order valence-electron chi connectivity index (χ2n) is 6.25. The van der Waals surface area contributed by atoms with Crippen molar-refractivity contribution in [3.05, 3.63) is 46.2 Å². The van der Waals surface area contributed by atoms with E-state index < -0.39 is 23.4 Å². The van der Waals surface area contributed by atoms with Gasteiger partial charge in [0, 0.05) is 0 Å². The molecule has 3 rings (SSSR count). The van der Waals surface area contributed by atoms with Crippen LogP contribution in [0, 0.1) is 0 Å². The summed E-state index contributed by atoms with van der Waals surface area (Å²) < 4.78 is 10.6. The molecule has 0 spiro atoms. The summed E-state index contributed by atoms with van der Waals surface area (Å²) in [6.45, 7) is 3.47. The first-order chi connectivity index (χ1) is 13.4. The molecule has 0 saturated carbocycles. The number of hydrogen-bond donors (Lipinski definition) is 1. The fourth-order valence-corrected chi connectivity index (χ4v) is 3.13. The van der Waals surface area contributed by atoms with Gasteiger partial charge >= 0.3 is 12.0 Å². The topological polar surface area (TPSA) is 97.3 Å². The zero-order chi connectivity index (χ0) is 20.3. The van der Waals surface area contributed by atoms with E-state index in [4.69, 9.17) is 9.47 Å². The number of ether oxygens (including phenoxy) is 2. The zero-order valence-electron chi connectivity index (χ0n) is 15.6. The first kappa shape index (κ1) is 19.6. The van der Waals surface area contributed by atoms with Gasteiger partial charge in [0.1, 0.15) is 10.4 Å². The van der Waals surface area contributed by atoms with Crippen LogP contribution in [0.5, 0.6) is 11.5 Å². The monoisotopic (exact) mass is 401 g/mol. The summed E-state index contributed by atoms with van der Waals surface area (Å²) in [4.78, 5) is 36.9. The summed E-state index contributed by atoms with van der Waals surface area (Å²) in [5.41, 5.74) is -0.384. The van der Waals surface area contributed by atoms with E-state index in [9.17, 15) is 14.4 Å². The van der Waals surface area contributed by atoms with Gasteiger partial charge in [0.05, 0.1) is 13.3 Å². The minimum Gasteiger partial charge on any atom is -0.493 e. The number of imide groups is 1. The molecule has 1 fully saturated rings. The van der Waals surface area contributed by atoms with Gasteiger partial charge in [-0.1, -0.05) is 13.0 Å². The van der Waals surface area contributed by atoms with Gasteiger partial charge in [0.25, 0.3) is 5.91 Å². The van der Waals surface area contributed by atoms with Gasteiger partial charge < -0.3 is 14.8 Å². The van der Waals surface area contributed by atoms with E-state index in [-0.39, 0.29) is 5.75 Å². The van der Waals surface area contributed by atoms with Gasteiger partial charge in [-0.05, 0) is 48.6 Å². The molecule has 0 bridgehead atoms. The van der Waals surface area contributed by atoms with Crippen molar-refractivity contribution in [1.82, 2.24) is 10.3 Å². The molecule has 9 heteroatoms. The molecule has 2 heterocycles. The Balaban J connectivity index is 1.77. The van der Waals surface area contributed by atoms with Gasteiger partial charge in [0.15, 0.2) is 11.5 Å². The SMILES string of the molecule is CC[C@@]1(C)NC(=O)N(/N=C\c2ccc(OC(=O)c3cccs3)c(OC)c2)C1=O. The number of nitrogens with zero attached hydrogens (tertiary/aromatic N) is 2. The molecule has 2 aromatic rings. The number of amides is 3. The maximum Gasteiger partial charge on any atom is 0.353 e. The largest absolute Gasteiger partial charge is 0.493 e. The lowest BCUT2D eigenvalue weighted by atomic mass is 10.00. The molecule has 1 aliphatic rings. The van der Waals surface area contributed by atoms with Crippen molar-refractivity contribution in [2.45, 2.75) is 25.8 Å². The predicted octanol–water partition coefficient (Wildman–Crippen LogP) is 3.03. The van der Waals surface area contributed by atoms with Crippen molar-refractivity contribution in [3.63, 3.8) is 0 Å². The third-order valence-electron chi connectivity index (χ3n) is 4.38. The van der Waals surface area contributed by atoms with E-state index in [1.165, 1.54) is 24.7 Å². The first-order valence-corrected chi connectivity index (χ1v) is 9.40. The Morgan fingerprint density at radius 2 is 2.11 bits per heavy atom. The number of urea groups is 1. The van der Waals surface area contributed by atoms with Crippen LogP contribution in [0.25, 0.3) is 0 Å². The Kier molecular flexibility index (Phi) is 5.46. The molecule has 8 nitrogen and oxygen atoms in total. The number of carbonyl (C=O) groups is 3. The van der Waals surface area contributed by atoms with Crippen LogP contribution in [0.3, 0.4) is 0 Å². The molecule has 1 aromatic heterocycles. The molecular weight excluding hydrogens is 382 g/mol. The maximum atomic E-state index is 12.3. The van der Waals surface area contributed by atoms with E-state index in [2.05, 4.69) is 10.4 Å². The molecule has 3 amide bonds. The van der Waals surface area contributed by atoms with E-state index in [1.807, 2.05) is 6.92 Å². The van der Waals surface area contributed by atoms with E-state index in [0.717, 1.165) is 5.01 Å². The van der Waals surface area contributed by atoms with Crippen LogP contribution in [0.15, 0.2) is 40.8 Å². The molecule has 1 aromatic carbocycles. The standard InChI is InChI=1S/C19H19N3O5S/c1-4-19(2)17(24)22(18(25)21-19)20-11-12-7-8-13(14(10-12)26-3)27-16(23)15-6-5-9-28-15/h5-11H,4H2,1-3H3,(H,21,25)/b20-11-/t19-/m1/s1. The zero-order valence-corrected chi connectivity index (χ0v) is 16.4. The maximum absolute atomic E-state index is 12.3. The number of hydrazone groups is 1. The Morgan fingerprint density at radius 1 is 1.32 bits per heavy atom. The molecule has 0 aliphatic carbocycles. The molecule has 1 atom stereocenters. The Morgan fingerprint density at radius 3 is 2.71 bits per heavy atom. The number of carbonyl (C=O) groups excluding carboxylic acids is 3. The van der Waals surface area contributed by atoms with Crippen molar-refractivity contribution in [2.24, 2.45) is 5.10 Å². The summed E-state index contributed by atoms with van der Waals surface area (Å²) >= 11 is 1.28. The second kappa shape index (κ2) is 7.81. The summed E-state index contributed by atoms with van der Waals surface area (Å²) in [6, 6.07) is 7.66. The number of thiophene rings is 1. The van der Waals surface area contributed by atoms with Gasteiger partial charge in [-0.3, -0.25) is 4.79 Å². The Bertz CT molecular complexity index is 941. The summed E-state index contributed by atoms with van der Waals surface area (Å²) in [5, 5.41) is 9.21. The number of methoxy groups -OCH3 is 1. The summed E-state index contributed by atoms with van der Waals surface area (Å²) in [6.07, 6.45) is 1.83. The fraction of sp³-hybridized carbons (Fsp3) is 0.263. The first-order valence-electron chi connectivity index (χ1n) is 8.52. The molecule has 1 aliphatic heterocycles. The van der Waals surface area contributed by atoms with E-state index >= 15 is 0 Å². The van der Waals surface area contributed by atoms with Crippen LogP contribution in [0.4, 0.5) is 4.79 Å². The van der Waals surface area contributed by atoms with Crippen molar-refractivity contribution >= 4 is 35.5 Å². The highest BCUT2D eigenvalue weighted by atomic mass is 32.1. The van der Waals surface area contributed by atoms with E-state index in [1.54, 1.807) is 42.6 Å². The normalized spacial score (nSPS) is 19.2. The van der Waals surface area contributed by atoms with Gasteiger partial charge in [-0.25, -0.2) is 9.59 Å². The highest BCUT2D eigenvalue weighted by Crippen LogP contribution is 2.29. The molecule has 1 N–H and O–H groups in total. The molecular formula is C19H19N3O5S. The number of nitrogens with one attached hydrogen (secondary N) is 1. The highest BCUT2D eigenvalue weighted by Gasteiger charge is 2.46. The number of benzene rings is 1.